The van der Waals surface area contributed by atoms with E-state index in [2.05, 4.69) is 31.4 Å². The van der Waals surface area contributed by atoms with Crippen LogP contribution in [0.1, 0.15) is 23.1 Å². The van der Waals surface area contributed by atoms with Crippen molar-refractivity contribution in [2.45, 2.75) is 26.7 Å². The molecule has 0 aliphatic rings. The number of nitrogens with zero attached hydrogens (tertiary/aromatic N) is 4. The Morgan fingerprint density at radius 1 is 1.31 bits per heavy atom. The van der Waals surface area contributed by atoms with Gasteiger partial charge in [-0.1, -0.05) is 27.5 Å². The molecule has 0 bridgehead atoms. The van der Waals surface area contributed by atoms with E-state index in [-0.39, 0.29) is 19.2 Å². The number of aryl methyl sites for hydroxylation is 1. The Morgan fingerprint density at radius 2 is 2.08 bits per heavy atom. The Labute approximate surface area is 164 Å². The summed E-state index contributed by atoms with van der Waals surface area (Å²) in [6, 6.07) is 9.12. The molecule has 0 saturated carbocycles. The van der Waals surface area contributed by atoms with Crippen LogP contribution in [0, 0.1) is 0 Å². The van der Waals surface area contributed by atoms with Crippen LogP contribution in [0.2, 0.25) is 5.02 Å². The minimum atomic E-state index is -0.285. The van der Waals surface area contributed by atoms with E-state index in [0.29, 0.717) is 17.3 Å². The van der Waals surface area contributed by atoms with Gasteiger partial charge in [-0.05, 0) is 37.3 Å². The SMILES string of the molecule is CCn1ncc(Cl)c1CNC(=O)c1ccn(COc2ccc(Br)cc2)n1. The van der Waals surface area contributed by atoms with Gasteiger partial charge in [0.2, 0.25) is 0 Å². The summed E-state index contributed by atoms with van der Waals surface area (Å²) >= 11 is 9.46. The van der Waals surface area contributed by atoms with Crippen molar-refractivity contribution in [1.82, 2.24) is 24.9 Å². The van der Waals surface area contributed by atoms with E-state index >= 15 is 0 Å². The topological polar surface area (TPSA) is 74.0 Å². The predicted molar refractivity (Wildman–Crippen MR) is 101 cm³/mol. The van der Waals surface area contributed by atoms with Gasteiger partial charge in [-0.2, -0.15) is 10.2 Å². The van der Waals surface area contributed by atoms with Gasteiger partial charge in [-0.3, -0.25) is 9.48 Å². The minimum absolute atomic E-state index is 0.212. The lowest BCUT2D eigenvalue weighted by Gasteiger charge is -2.07. The molecule has 136 valence electrons. The van der Waals surface area contributed by atoms with Crippen LogP contribution >= 0.6 is 27.5 Å². The number of carbonyl (C=O) groups is 1. The standard InChI is InChI=1S/C17H17BrClN5O2/c1-2-24-16(14(19)9-21-24)10-20-17(25)15-7-8-23(22-15)11-26-13-5-3-12(18)4-6-13/h3-9H,2,10-11H2,1H3,(H,20,25). The molecule has 1 N–H and O–H groups in total. The summed E-state index contributed by atoms with van der Waals surface area (Å²) in [6.45, 7) is 3.14. The van der Waals surface area contributed by atoms with Gasteiger partial charge in [0.15, 0.2) is 6.73 Å². The lowest BCUT2D eigenvalue weighted by Crippen LogP contribution is -2.25. The van der Waals surface area contributed by atoms with Crippen LogP contribution in [0.5, 0.6) is 5.75 Å². The Balaban J connectivity index is 1.55. The molecule has 3 aromatic rings. The molecule has 9 heteroatoms. The molecule has 1 amide bonds. The molecule has 26 heavy (non-hydrogen) atoms. The zero-order chi connectivity index (χ0) is 18.5. The molecule has 3 rings (SSSR count). The van der Waals surface area contributed by atoms with Crippen LogP contribution in [0.4, 0.5) is 0 Å². The molecule has 0 atom stereocenters. The summed E-state index contributed by atoms with van der Waals surface area (Å²) in [7, 11) is 0. The van der Waals surface area contributed by atoms with Crippen molar-refractivity contribution in [2.75, 3.05) is 0 Å². The average molecular weight is 439 g/mol. The third-order valence-electron chi connectivity index (χ3n) is 3.66. The molecule has 1 aromatic carbocycles. The summed E-state index contributed by atoms with van der Waals surface area (Å²) in [5.74, 6) is 0.435. The van der Waals surface area contributed by atoms with Crippen molar-refractivity contribution in [3.8, 4) is 5.75 Å². The van der Waals surface area contributed by atoms with Crippen LogP contribution in [-0.4, -0.2) is 25.5 Å². The number of amides is 1. The predicted octanol–water partition coefficient (Wildman–Crippen LogP) is 3.48. The van der Waals surface area contributed by atoms with Gasteiger partial charge in [0.05, 0.1) is 23.5 Å². The maximum atomic E-state index is 12.3. The monoisotopic (exact) mass is 437 g/mol. The second-order valence-corrected chi connectivity index (χ2v) is 6.73. The van der Waals surface area contributed by atoms with Crippen LogP contribution in [0.25, 0.3) is 0 Å². The van der Waals surface area contributed by atoms with Gasteiger partial charge < -0.3 is 10.1 Å². The normalized spacial score (nSPS) is 10.7. The van der Waals surface area contributed by atoms with Gasteiger partial charge in [-0.25, -0.2) is 4.68 Å². The molecule has 2 aromatic heterocycles. The Morgan fingerprint density at radius 3 is 2.81 bits per heavy atom. The average Bonchev–Trinajstić information content (AvgIpc) is 3.26. The molecule has 0 unspecified atom stereocenters. The minimum Gasteiger partial charge on any atom is -0.471 e. The molecule has 7 nitrogen and oxygen atoms in total. The summed E-state index contributed by atoms with van der Waals surface area (Å²) < 4.78 is 9.90. The van der Waals surface area contributed by atoms with Gasteiger partial charge in [-0.15, -0.1) is 0 Å². The van der Waals surface area contributed by atoms with Crippen molar-refractivity contribution < 1.29 is 9.53 Å². The molecule has 0 radical (unpaired) electrons. The summed E-state index contributed by atoms with van der Waals surface area (Å²) in [6.07, 6.45) is 3.26. The molecule has 0 aliphatic carbocycles. The molecule has 0 spiro atoms. The zero-order valence-corrected chi connectivity index (χ0v) is 16.4. The first-order valence-corrected chi connectivity index (χ1v) is 9.14. The molecular weight excluding hydrogens is 422 g/mol. The number of ether oxygens (including phenoxy) is 1. The van der Waals surface area contributed by atoms with Crippen molar-refractivity contribution in [3.63, 3.8) is 0 Å². The van der Waals surface area contributed by atoms with Gasteiger partial charge in [0, 0.05) is 17.2 Å². The second kappa shape index (κ2) is 8.37. The van der Waals surface area contributed by atoms with Gasteiger partial charge >= 0.3 is 0 Å². The van der Waals surface area contributed by atoms with E-state index in [1.807, 2.05) is 31.2 Å². The molecule has 0 saturated heterocycles. The van der Waals surface area contributed by atoms with Crippen molar-refractivity contribution >= 4 is 33.4 Å². The van der Waals surface area contributed by atoms with Crippen LogP contribution in [-0.2, 0) is 19.8 Å². The van der Waals surface area contributed by atoms with Crippen molar-refractivity contribution in [1.29, 1.82) is 0 Å². The number of rotatable bonds is 7. The Hall–Kier alpha value is -2.32. The van der Waals surface area contributed by atoms with Crippen molar-refractivity contribution in [3.05, 3.63) is 63.6 Å². The fourth-order valence-corrected chi connectivity index (χ4v) is 2.79. The lowest BCUT2D eigenvalue weighted by atomic mass is 10.3. The highest BCUT2D eigenvalue weighted by molar-refractivity contribution is 9.10. The van der Waals surface area contributed by atoms with Gasteiger partial charge in [0.25, 0.3) is 5.91 Å². The van der Waals surface area contributed by atoms with E-state index in [0.717, 1.165) is 15.9 Å². The summed E-state index contributed by atoms with van der Waals surface area (Å²) in [5.41, 5.74) is 1.07. The first-order valence-electron chi connectivity index (χ1n) is 7.97. The third kappa shape index (κ3) is 4.44. The van der Waals surface area contributed by atoms with Crippen molar-refractivity contribution in [2.24, 2.45) is 0 Å². The highest BCUT2D eigenvalue weighted by Crippen LogP contribution is 2.17. The maximum Gasteiger partial charge on any atom is 0.272 e. The second-order valence-electron chi connectivity index (χ2n) is 5.41. The number of benzene rings is 1. The molecule has 0 aliphatic heterocycles. The number of carbonyl (C=O) groups excluding carboxylic acids is 1. The molecule has 0 fully saturated rings. The zero-order valence-electron chi connectivity index (χ0n) is 14.0. The quantitative estimate of drug-likeness (QED) is 0.613. The molecular formula is C17H17BrClN5O2. The highest BCUT2D eigenvalue weighted by Gasteiger charge is 2.13. The number of aromatic nitrogens is 4. The Kier molecular flexibility index (Phi) is 5.95. The maximum absolute atomic E-state index is 12.3. The largest absolute Gasteiger partial charge is 0.471 e. The van der Waals surface area contributed by atoms with Crippen LogP contribution in [0.15, 0.2) is 47.2 Å². The van der Waals surface area contributed by atoms with E-state index in [1.54, 1.807) is 27.8 Å². The van der Waals surface area contributed by atoms with E-state index < -0.39 is 0 Å². The smallest absolute Gasteiger partial charge is 0.272 e. The number of halogens is 2. The first-order chi connectivity index (χ1) is 12.6. The molecule has 2 heterocycles. The number of hydrogen-bond donors (Lipinski definition) is 1. The fraction of sp³-hybridized carbons (Fsp3) is 0.235. The van der Waals surface area contributed by atoms with Crippen LogP contribution < -0.4 is 10.1 Å². The third-order valence-corrected chi connectivity index (χ3v) is 4.51. The van der Waals surface area contributed by atoms with E-state index in [4.69, 9.17) is 16.3 Å². The summed E-state index contributed by atoms with van der Waals surface area (Å²) in [4.78, 5) is 12.3. The lowest BCUT2D eigenvalue weighted by molar-refractivity contribution is 0.0943. The Bertz CT molecular complexity index is 891. The first kappa shape index (κ1) is 18.5. The summed E-state index contributed by atoms with van der Waals surface area (Å²) in [5, 5.41) is 11.7. The van der Waals surface area contributed by atoms with Gasteiger partial charge in [0.1, 0.15) is 11.4 Å². The van der Waals surface area contributed by atoms with Crippen LogP contribution in [0.3, 0.4) is 0 Å². The number of nitrogens with one attached hydrogen (secondary N) is 1. The van der Waals surface area contributed by atoms with E-state index in [9.17, 15) is 4.79 Å². The number of hydrogen-bond acceptors (Lipinski definition) is 4. The van der Waals surface area contributed by atoms with E-state index in [1.165, 1.54) is 0 Å². The fourth-order valence-electron chi connectivity index (χ4n) is 2.32. The highest BCUT2D eigenvalue weighted by atomic mass is 79.9.